The summed E-state index contributed by atoms with van der Waals surface area (Å²) in [6.07, 6.45) is 1.75. The first kappa shape index (κ1) is 17.9. The molecule has 0 spiro atoms. The summed E-state index contributed by atoms with van der Waals surface area (Å²) in [4.78, 5) is 12.2. The zero-order chi connectivity index (χ0) is 17.6. The molecule has 0 bridgehead atoms. The van der Waals surface area contributed by atoms with E-state index in [4.69, 9.17) is 0 Å². The van der Waals surface area contributed by atoms with Gasteiger partial charge in [-0.25, -0.2) is 5.43 Å². The topological polar surface area (TPSA) is 41.5 Å². The Balaban J connectivity index is 1.89. The summed E-state index contributed by atoms with van der Waals surface area (Å²) in [7, 11) is 0. The highest BCUT2D eigenvalue weighted by atomic mass is 16.2. The van der Waals surface area contributed by atoms with Gasteiger partial charge in [-0.15, -0.1) is 0 Å². The van der Waals surface area contributed by atoms with E-state index >= 15 is 0 Å². The van der Waals surface area contributed by atoms with E-state index in [1.807, 2.05) is 49.4 Å². The van der Waals surface area contributed by atoms with E-state index in [1.165, 1.54) is 11.1 Å². The molecule has 0 radical (unpaired) electrons. The summed E-state index contributed by atoms with van der Waals surface area (Å²) in [5.41, 5.74) is 6.75. The normalized spacial score (nSPS) is 12.1. The van der Waals surface area contributed by atoms with Crippen LogP contribution in [0.15, 0.2) is 59.7 Å². The number of nitrogens with one attached hydrogen (secondary N) is 1. The third-order valence-corrected chi connectivity index (χ3v) is 3.98. The standard InChI is InChI=1S/C21H26N2O/c1-16(10-11-17-8-6-5-7-9-17)22-23-20(24)18-12-14-19(15-13-18)21(2,3)4/h5-9,12-15H,10-11H2,1-4H3,(H,23,24)/b22-16-. The lowest BCUT2D eigenvalue weighted by atomic mass is 9.87. The maximum atomic E-state index is 12.2. The summed E-state index contributed by atoms with van der Waals surface area (Å²) in [5.74, 6) is -0.172. The van der Waals surface area contributed by atoms with Crippen LogP contribution >= 0.6 is 0 Å². The molecule has 1 amide bonds. The van der Waals surface area contributed by atoms with E-state index in [9.17, 15) is 4.79 Å². The number of hydrogen-bond acceptors (Lipinski definition) is 2. The van der Waals surface area contributed by atoms with Crippen LogP contribution in [0.4, 0.5) is 0 Å². The molecule has 0 fully saturated rings. The largest absolute Gasteiger partial charge is 0.271 e. The quantitative estimate of drug-likeness (QED) is 0.628. The van der Waals surface area contributed by atoms with E-state index in [0.29, 0.717) is 5.56 Å². The van der Waals surface area contributed by atoms with Gasteiger partial charge in [0.1, 0.15) is 0 Å². The molecular formula is C21H26N2O. The summed E-state index contributed by atoms with van der Waals surface area (Å²) in [6, 6.07) is 18.0. The molecule has 0 aliphatic carbocycles. The zero-order valence-corrected chi connectivity index (χ0v) is 15.0. The van der Waals surface area contributed by atoms with Gasteiger partial charge in [-0.05, 0) is 48.4 Å². The van der Waals surface area contributed by atoms with Crippen molar-refractivity contribution in [1.29, 1.82) is 0 Å². The molecule has 126 valence electrons. The van der Waals surface area contributed by atoms with Crippen LogP contribution in [0.2, 0.25) is 0 Å². The molecule has 2 aromatic carbocycles. The number of benzene rings is 2. The minimum Gasteiger partial charge on any atom is -0.267 e. The third-order valence-electron chi connectivity index (χ3n) is 3.98. The zero-order valence-electron chi connectivity index (χ0n) is 15.0. The van der Waals surface area contributed by atoms with Crippen LogP contribution in [0.1, 0.15) is 55.6 Å². The van der Waals surface area contributed by atoms with Crippen LogP contribution in [0.5, 0.6) is 0 Å². The fourth-order valence-corrected chi connectivity index (χ4v) is 2.36. The van der Waals surface area contributed by atoms with Crippen LogP contribution in [0.25, 0.3) is 0 Å². The fourth-order valence-electron chi connectivity index (χ4n) is 2.36. The molecule has 0 unspecified atom stereocenters. The summed E-state index contributed by atoms with van der Waals surface area (Å²) < 4.78 is 0. The maximum Gasteiger partial charge on any atom is 0.271 e. The first-order valence-corrected chi connectivity index (χ1v) is 8.34. The molecule has 0 atom stereocenters. The molecule has 2 rings (SSSR count). The molecule has 0 saturated carbocycles. The molecule has 24 heavy (non-hydrogen) atoms. The Kier molecular flexibility index (Phi) is 5.91. The van der Waals surface area contributed by atoms with Crippen molar-refractivity contribution in [3.63, 3.8) is 0 Å². The Labute approximate surface area is 144 Å². The highest BCUT2D eigenvalue weighted by Crippen LogP contribution is 2.22. The SMILES string of the molecule is C/C(CCc1ccccc1)=N/NC(=O)c1ccc(C(C)(C)C)cc1. The molecule has 0 saturated heterocycles. The van der Waals surface area contributed by atoms with Gasteiger partial charge in [-0.2, -0.15) is 5.10 Å². The van der Waals surface area contributed by atoms with Gasteiger partial charge in [0, 0.05) is 11.3 Å². The highest BCUT2D eigenvalue weighted by molar-refractivity contribution is 5.95. The van der Waals surface area contributed by atoms with Crippen molar-refractivity contribution in [2.45, 2.75) is 46.0 Å². The van der Waals surface area contributed by atoms with Crippen molar-refractivity contribution in [2.75, 3.05) is 0 Å². The monoisotopic (exact) mass is 322 g/mol. The van der Waals surface area contributed by atoms with E-state index in [2.05, 4.69) is 43.4 Å². The van der Waals surface area contributed by atoms with Gasteiger partial charge in [-0.1, -0.05) is 63.2 Å². The predicted molar refractivity (Wildman–Crippen MR) is 100 cm³/mol. The molecule has 0 aliphatic heterocycles. The van der Waals surface area contributed by atoms with Crippen molar-refractivity contribution in [1.82, 2.24) is 5.43 Å². The molecule has 1 N–H and O–H groups in total. The van der Waals surface area contributed by atoms with Crippen molar-refractivity contribution >= 4 is 11.6 Å². The Morgan fingerprint density at radius 2 is 1.62 bits per heavy atom. The second kappa shape index (κ2) is 7.91. The maximum absolute atomic E-state index is 12.2. The van der Waals surface area contributed by atoms with Crippen molar-refractivity contribution in [3.05, 3.63) is 71.3 Å². The Hall–Kier alpha value is -2.42. The number of carbonyl (C=O) groups excluding carboxylic acids is 1. The van der Waals surface area contributed by atoms with Crippen LogP contribution < -0.4 is 5.43 Å². The Morgan fingerprint density at radius 3 is 2.21 bits per heavy atom. The first-order chi connectivity index (χ1) is 11.4. The van der Waals surface area contributed by atoms with E-state index in [0.717, 1.165) is 18.6 Å². The van der Waals surface area contributed by atoms with Crippen LogP contribution in [0.3, 0.4) is 0 Å². The van der Waals surface area contributed by atoms with Gasteiger partial charge in [-0.3, -0.25) is 4.79 Å². The van der Waals surface area contributed by atoms with E-state index in [1.54, 1.807) is 0 Å². The average Bonchev–Trinajstić information content (AvgIpc) is 2.58. The molecule has 3 nitrogen and oxygen atoms in total. The Morgan fingerprint density at radius 1 is 1.00 bits per heavy atom. The molecular weight excluding hydrogens is 296 g/mol. The van der Waals surface area contributed by atoms with E-state index in [-0.39, 0.29) is 11.3 Å². The summed E-state index contributed by atoms with van der Waals surface area (Å²) >= 11 is 0. The van der Waals surface area contributed by atoms with Gasteiger partial charge >= 0.3 is 0 Å². The molecule has 2 aromatic rings. The van der Waals surface area contributed by atoms with Crippen molar-refractivity contribution in [2.24, 2.45) is 5.10 Å². The molecule has 0 heterocycles. The molecule has 3 heteroatoms. The summed E-state index contributed by atoms with van der Waals surface area (Å²) in [5, 5.41) is 4.20. The van der Waals surface area contributed by atoms with Gasteiger partial charge in [0.05, 0.1) is 0 Å². The number of hydrogen-bond donors (Lipinski definition) is 1. The summed E-state index contributed by atoms with van der Waals surface area (Å²) in [6.45, 7) is 8.40. The Bertz CT molecular complexity index is 695. The van der Waals surface area contributed by atoms with Crippen LogP contribution in [0, 0.1) is 0 Å². The van der Waals surface area contributed by atoms with Gasteiger partial charge in [0.15, 0.2) is 0 Å². The minimum absolute atomic E-state index is 0.0845. The number of nitrogens with zero attached hydrogens (tertiary/aromatic N) is 1. The van der Waals surface area contributed by atoms with Crippen molar-refractivity contribution < 1.29 is 4.79 Å². The van der Waals surface area contributed by atoms with Gasteiger partial charge in [0.2, 0.25) is 0 Å². The number of aryl methyl sites for hydroxylation is 1. The van der Waals surface area contributed by atoms with Gasteiger partial charge < -0.3 is 0 Å². The molecule has 0 aliphatic rings. The average molecular weight is 322 g/mol. The minimum atomic E-state index is -0.172. The first-order valence-electron chi connectivity index (χ1n) is 8.34. The number of hydrazone groups is 1. The number of carbonyl (C=O) groups is 1. The van der Waals surface area contributed by atoms with Crippen LogP contribution in [-0.2, 0) is 11.8 Å². The lowest BCUT2D eigenvalue weighted by Gasteiger charge is -2.18. The number of amides is 1. The van der Waals surface area contributed by atoms with Crippen LogP contribution in [-0.4, -0.2) is 11.6 Å². The lowest BCUT2D eigenvalue weighted by Crippen LogP contribution is -2.19. The number of rotatable bonds is 5. The van der Waals surface area contributed by atoms with Gasteiger partial charge in [0.25, 0.3) is 5.91 Å². The predicted octanol–water partition coefficient (Wildman–Crippen LogP) is 4.72. The van der Waals surface area contributed by atoms with Crippen molar-refractivity contribution in [3.8, 4) is 0 Å². The lowest BCUT2D eigenvalue weighted by molar-refractivity contribution is 0.0954. The highest BCUT2D eigenvalue weighted by Gasteiger charge is 2.14. The smallest absolute Gasteiger partial charge is 0.267 e. The van der Waals surface area contributed by atoms with E-state index < -0.39 is 0 Å². The fraction of sp³-hybridized carbons (Fsp3) is 0.333. The molecule has 0 aromatic heterocycles. The third kappa shape index (κ3) is 5.34. The second-order valence-electron chi connectivity index (χ2n) is 7.10. The second-order valence-corrected chi connectivity index (χ2v) is 7.10.